The summed E-state index contributed by atoms with van der Waals surface area (Å²) in [5.41, 5.74) is 2.77. The molecule has 0 saturated carbocycles. The van der Waals surface area contributed by atoms with Crippen molar-refractivity contribution in [1.29, 1.82) is 0 Å². The Morgan fingerprint density at radius 1 is 1.17 bits per heavy atom. The number of benzene rings is 2. The fourth-order valence-corrected chi connectivity index (χ4v) is 3.54. The number of carbonyl (C=O) groups is 1. The van der Waals surface area contributed by atoms with Gasteiger partial charge in [-0.05, 0) is 42.2 Å². The highest BCUT2D eigenvalue weighted by molar-refractivity contribution is 7.91. The Labute approximate surface area is 141 Å². The van der Waals surface area contributed by atoms with Crippen LogP contribution in [0.2, 0.25) is 0 Å². The number of hydrogen-bond acceptors (Lipinski definition) is 4. The lowest BCUT2D eigenvalue weighted by Gasteiger charge is -2.17. The number of hydrogen-bond donors (Lipinski definition) is 1. The molecule has 1 N–H and O–H groups in total. The number of rotatable bonds is 6. The summed E-state index contributed by atoms with van der Waals surface area (Å²) in [7, 11) is -3.79. The first-order chi connectivity index (χ1) is 11.2. The van der Waals surface area contributed by atoms with E-state index in [1.807, 2.05) is 32.0 Å². The summed E-state index contributed by atoms with van der Waals surface area (Å²) in [6.45, 7) is 3.96. The van der Waals surface area contributed by atoms with Crippen molar-refractivity contribution in [3.8, 4) is 5.75 Å². The van der Waals surface area contributed by atoms with Crippen molar-refractivity contribution in [3.05, 3.63) is 64.7 Å². The van der Waals surface area contributed by atoms with E-state index in [4.69, 9.17) is 4.74 Å². The molecule has 24 heavy (non-hydrogen) atoms. The minimum Gasteiger partial charge on any atom is -0.489 e. The van der Waals surface area contributed by atoms with Gasteiger partial charge in [0.25, 0.3) is 0 Å². The number of sulfone groups is 1. The molecule has 1 atom stereocenters. The van der Waals surface area contributed by atoms with Gasteiger partial charge in [0.2, 0.25) is 0 Å². The van der Waals surface area contributed by atoms with Gasteiger partial charge in [0, 0.05) is 6.26 Å². The van der Waals surface area contributed by atoms with Gasteiger partial charge in [-0.2, -0.15) is 0 Å². The van der Waals surface area contributed by atoms with E-state index in [0.717, 1.165) is 17.4 Å². The summed E-state index contributed by atoms with van der Waals surface area (Å²) >= 11 is 0. The number of carboxylic acids is 1. The molecule has 0 fully saturated rings. The predicted octanol–water partition coefficient (Wildman–Crippen LogP) is 3.05. The first-order valence-electron chi connectivity index (χ1n) is 7.39. The van der Waals surface area contributed by atoms with Gasteiger partial charge in [-0.15, -0.1) is 0 Å². The molecule has 0 saturated heterocycles. The number of aliphatic carboxylic acids is 1. The summed E-state index contributed by atoms with van der Waals surface area (Å²) in [5.74, 6) is -0.701. The van der Waals surface area contributed by atoms with Gasteiger partial charge in [-0.3, -0.25) is 4.79 Å². The molecule has 2 rings (SSSR count). The van der Waals surface area contributed by atoms with E-state index in [-0.39, 0.29) is 12.2 Å². The average Bonchev–Trinajstić information content (AvgIpc) is 2.47. The van der Waals surface area contributed by atoms with Crippen molar-refractivity contribution in [2.24, 2.45) is 0 Å². The summed E-state index contributed by atoms with van der Waals surface area (Å²) in [5, 5.41) is 7.73. The van der Waals surface area contributed by atoms with Crippen LogP contribution in [0.5, 0.6) is 5.75 Å². The molecule has 0 bridgehead atoms. The zero-order chi connectivity index (χ0) is 17.9. The quantitative estimate of drug-likeness (QED) is 0.868. The smallest absolute Gasteiger partial charge is 0.326 e. The van der Waals surface area contributed by atoms with E-state index in [1.165, 1.54) is 6.07 Å². The highest BCUT2D eigenvalue weighted by Crippen LogP contribution is 2.27. The van der Waals surface area contributed by atoms with Crippen molar-refractivity contribution in [2.75, 3.05) is 6.26 Å². The lowest BCUT2D eigenvalue weighted by atomic mass is 10.0. The van der Waals surface area contributed by atoms with Gasteiger partial charge < -0.3 is 9.84 Å². The molecule has 0 radical (unpaired) electrons. The number of aryl methyl sites for hydroxylation is 2. The standard InChI is InChI=1S/C18H20O5S/c1-12-8-9-13(2)16(10-12)23-11-14-6-4-5-7-15(14)17(18(19)20)24(3,21)22/h4-10,17H,11H2,1-3H3,(H,19,20). The molecule has 0 heterocycles. The summed E-state index contributed by atoms with van der Waals surface area (Å²) in [6.07, 6.45) is 0.925. The van der Waals surface area contributed by atoms with Gasteiger partial charge in [0.15, 0.2) is 15.1 Å². The van der Waals surface area contributed by atoms with Crippen LogP contribution >= 0.6 is 0 Å². The Balaban J connectivity index is 2.35. The van der Waals surface area contributed by atoms with Gasteiger partial charge in [-0.1, -0.05) is 36.4 Å². The largest absolute Gasteiger partial charge is 0.489 e. The third kappa shape index (κ3) is 4.14. The second kappa shape index (κ2) is 7.05. The maximum atomic E-state index is 11.9. The second-order valence-electron chi connectivity index (χ2n) is 5.80. The molecule has 0 aliphatic rings. The summed E-state index contributed by atoms with van der Waals surface area (Å²) in [4.78, 5) is 11.5. The Hall–Kier alpha value is -2.34. The van der Waals surface area contributed by atoms with E-state index in [1.54, 1.807) is 18.2 Å². The zero-order valence-corrected chi connectivity index (χ0v) is 14.6. The average molecular weight is 348 g/mol. The molecule has 0 aliphatic carbocycles. The first kappa shape index (κ1) is 18.0. The fraction of sp³-hybridized carbons (Fsp3) is 0.278. The van der Waals surface area contributed by atoms with Crippen LogP contribution in [0.15, 0.2) is 42.5 Å². The van der Waals surface area contributed by atoms with Crippen LogP contribution in [0.3, 0.4) is 0 Å². The van der Waals surface area contributed by atoms with Crippen molar-refractivity contribution >= 4 is 15.8 Å². The minimum absolute atomic E-state index is 0.0970. The second-order valence-corrected chi connectivity index (χ2v) is 7.93. The van der Waals surface area contributed by atoms with E-state index >= 15 is 0 Å². The molecular weight excluding hydrogens is 328 g/mol. The third-order valence-corrected chi connectivity index (χ3v) is 5.03. The van der Waals surface area contributed by atoms with Crippen LogP contribution in [0.4, 0.5) is 0 Å². The van der Waals surface area contributed by atoms with Crippen molar-refractivity contribution in [3.63, 3.8) is 0 Å². The molecule has 1 unspecified atom stereocenters. The molecule has 0 aliphatic heterocycles. The topological polar surface area (TPSA) is 80.7 Å². The Kier molecular flexibility index (Phi) is 5.29. The lowest BCUT2D eigenvalue weighted by Crippen LogP contribution is -2.22. The molecule has 0 spiro atoms. The Bertz CT molecular complexity index is 855. The first-order valence-corrected chi connectivity index (χ1v) is 9.35. The van der Waals surface area contributed by atoms with E-state index in [0.29, 0.717) is 11.3 Å². The van der Waals surface area contributed by atoms with Crippen LogP contribution < -0.4 is 4.74 Å². The molecule has 2 aromatic rings. The van der Waals surface area contributed by atoms with Crippen LogP contribution in [0.25, 0.3) is 0 Å². The van der Waals surface area contributed by atoms with Crippen molar-refractivity contribution < 1.29 is 23.1 Å². The third-order valence-electron chi connectivity index (χ3n) is 3.72. The van der Waals surface area contributed by atoms with Crippen molar-refractivity contribution in [1.82, 2.24) is 0 Å². The summed E-state index contributed by atoms with van der Waals surface area (Å²) in [6, 6.07) is 12.4. The molecule has 5 nitrogen and oxygen atoms in total. The Morgan fingerprint density at radius 3 is 2.46 bits per heavy atom. The molecule has 0 amide bonds. The summed E-state index contributed by atoms with van der Waals surface area (Å²) < 4.78 is 29.6. The Morgan fingerprint density at radius 2 is 1.83 bits per heavy atom. The van der Waals surface area contributed by atoms with E-state index < -0.39 is 21.1 Å². The normalized spacial score (nSPS) is 12.6. The fourth-order valence-electron chi connectivity index (χ4n) is 2.49. The van der Waals surface area contributed by atoms with Crippen LogP contribution in [0.1, 0.15) is 27.5 Å². The maximum absolute atomic E-state index is 11.9. The zero-order valence-electron chi connectivity index (χ0n) is 13.8. The SMILES string of the molecule is Cc1ccc(C)c(OCc2ccccc2C(C(=O)O)S(C)(=O)=O)c1. The lowest BCUT2D eigenvalue weighted by molar-refractivity contribution is -0.136. The van der Waals surface area contributed by atoms with Gasteiger partial charge in [-0.25, -0.2) is 8.42 Å². The highest BCUT2D eigenvalue weighted by Gasteiger charge is 2.32. The van der Waals surface area contributed by atoms with Gasteiger partial charge in [0.1, 0.15) is 12.4 Å². The van der Waals surface area contributed by atoms with Crippen LogP contribution in [0, 0.1) is 13.8 Å². The highest BCUT2D eigenvalue weighted by atomic mass is 32.2. The number of ether oxygens (including phenoxy) is 1. The monoisotopic (exact) mass is 348 g/mol. The van der Waals surface area contributed by atoms with Gasteiger partial charge in [0.05, 0.1) is 0 Å². The molecule has 2 aromatic carbocycles. The molecule has 128 valence electrons. The minimum atomic E-state index is -3.79. The van der Waals surface area contributed by atoms with Gasteiger partial charge >= 0.3 is 5.97 Å². The number of carboxylic acid groups (broad SMARTS) is 1. The van der Waals surface area contributed by atoms with Crippen LogP contribution in [-0.2, 0) is 21.2 Å². The molecule has 6 heteroatoms. The van der Waals surface area contributed by atoms with Crippen molar-refractivity contribution in [2.45, 2.75) is 25.7 Å². The maximum Gasteiger partial charge on any atom is 0.326 e. The van der Waals surface area contributed by atoms with E-state index in [9.17, 15) is 18.3 Å². The molecular formula is C18H20O5S. The van der Waals surface area contributed by atoms with E-state index in [2.05, 4.69) is 0 Å². The van der Waals surface area contributed by atoms with Crippen LogP contribution in [-0.4, -0.2) is 25.7 Å². The molecule has 0 aromatic heterocycles. The predicted molar refractivity (Wildman–Crippen MR) is 91.9 cm³/mol.